The fourth-order valence-corrected chi connectivity index (χ4v) is 2.85. The first-order valence-corrected chi connectivity index (χ1v) is 7.74. The van der Waals surface area contributed by atoms with E-state index in [0.29, 0.717) is 0 Å². The van der Waals surface area contributed by atoms with Gasteiger partial charge >= 0.3 is 0 Å². The number of hydrogen-bond donors (Lipinski definition) is 0. The Morgan fingerprint density at radius 1 is 0.957 bits per heavy atom. The normalized spacial score (nSPS) is 15.9. The second-order valence-corrected chi connectivity index (χ2v) is 5.70. The largest absolute Gasteiger partial charge is 0.352 e. The van der Waals surface area contributed by atoms with Crippen molar-refractivity contribution >= 4 is 17.4 Å². The summed E-state index contributed by atoms with van der Waals surface area (Å²) >= 11 is 0. The maximum Gasteiger partial charge on any atom is 0.225 e. The summed E-state index contributed by atoms with van der Waals surface area (Å²) in [6.45, 7) is 5.59. The van der Waals surface area contributed by atoms with Crippen LogP contribution in [-0.4, -0.2) is 55.7 Å². The molecule has 118 valence electrons. The number of aromatic nitrogens is 6. The molecule has 0 N–H and O–H groups in total. The molecule has 1 aliphatic rings. The molecule has 0 unspecified atom stereocenters. The van der Waals surface area contributed by atoms with Gasteiger partial charge in [0.15, 0.2) is 5.82 Å². The van der Waals surface area contributed by atoms with Crippen LogP contribution in [-0.2, 0) is 0 Å². The van der Waals surface area contributed by atoms with Crippen LogP contribution in [0.3, 0.4) is 0 Å². The molecule has 8 heteroatoms. The summed E-state index contributed by atoms with van der Waals surface area (Å²) in [5.74, 6) is 1.68. The Bertz CT molecular complexity index is 797. The van der Waals surface area contributed by atoms with Crippen molar-refractivity contribution in [3.05, 3.63) is 36.7 Å². The lowest BCUT2D eigenvalue weighted by Gasteiger charge is -2.22. The van der Waals surface area contributed by atoms with E-state index in [0.717, 1.165) is 55.6 Å². The van der Waals surface area contributed by atoms with E-state index in [-0.39, 0.29) is 0 Å². The molecule has 0 radical (unpaired) electrons. The summed E-state index contributed by atoms with van der Waals surface area (Å²) < 4.78 is 1.90. The Labute approximate surface area is 133 Å². The molecular weight excluding hydrogens is 292 g/mol. The first-order valence-electron chi connectivity index (χ1n) is 7.74. The average Bonchev–Trinajstić information content (AvgIpc) is 2.93. The van der Waals surface area contributed by atoms with Gasteiger partial charge in [-0.05, 0) is 18.9 Å². The first kappa shape index (κ1) is 13.9. The molecule has 4 heterocycles. The van der Waals surface area contributed by atoms with Crippen molar-refractivity contribution in [3.8, 4) is 0 Å². The SMILES string of the molecule is Cc1cnc(N2CCCN(c3nccn4cnnc34)CC2)nc1. The van der Waals surface area contributed by atoms with Gasteiger partial charge in [0.05, 0.1) is 0 Å². The zero-order chi connectivity index (χ0) is 15.6. The van der Waals surface area contributed by atoms with E-state index in [4.69, 9.17) is 0 Å². The highest BCUT2D eigenvalue weighted by Crippen LogP contribution is 2.19. The Hall–Kier alpha value is -2.77. The van der Waals surface area contributed by atoms with E-state index in [2.05, 4.69) is 34.9 Å². The molecule has 1 fully saturated rings. The monoisotopic (exact) mass is 310 g/mol. The fourth-order valence-electron chi connectivity index (χ4n) is 2.85. The van der Waals surface area contributed by atoms with Crippen LogP contribution in [0.15, 0.2) is 31.1 Å². The summed E-state index contributed by atoms with van der Waals surface area (Å²) in [6, 6.07) is 0. The van der Waals surface area contributed by atoms with Crippen LogP contribution >= 0.6 is 0 Å². The maximum absolute atomic E-state index is 4.51. The van der Waals surface area contributed by atoms with Gasteiger partial charge in [-0.2, -0.15) is 0 Å². The van der Waals surface area contributed by atoms with Crippen molar-refractivity contribution in [2.45, 2.75) is 13.3 Å². The van der Waals surface area contributed by atoms with Crippen molar-refractivity contribution in [2.24, 2.45) is 0 Å². The second kappa shape index (κ2) is 5.79. The molecule has 0 amide bonds. The van der Waals surface area contributed by atoms with Crippen molar-refractivity contribution < 1.29 is 0 Å². The number of rotatable bonds is 2. The van der Waals surface area contributed by atoms with Crippen molar-refractivity contribution in [3.63, 3.8) is 0 Å². The first-order chi connectivity index (χ1) is 11.3. The van der Waals surface area contributed by atoms with Crippen LogP contribution in [0.25, 0.3) is 5.65 Å². The summed E-state index contributed by atoms with van der Waals surface area (Å²) in [6.07, 6.45) is 10.1. The number of nitrogens with zero attached hydrogens (tertiary/aromatic N) is 8. The van der Waals surface area contributed by atoms with E-state index in [9.17, 15) is 0 Å². The quantitative estimate of drug-likeness (QED) is 0.697. The Kier molecular flexibility index (Phi) is 3.49. The van der Waals surface area contributed by atoms with Gasteiger partial charge in [0, 0.05) is 51.0 Å². The molecule has 1 saturated heterocycles. The van der Waals surface area contributed by atoms with Gasteiger partial charge in [-0.1, -0.05) is 0 Å². The molecule has 3 aromatic heterocycles. The van der Waals surface area contributed by atoms with Crippen LogP contribution in [0.1, 0.15) is 12.0 Å². The van der Waals surface area contributed by atoms with Crippen molar-refractivity contribution in [1.82, 2.24) is 29.5 Å². The van der Waals surface area contributed by atoms with E-state index < -0.39 is 0 Å². The minimum atomic E-state index is 0.797. The van der Waals surface area contributed by atoms with Gasteiger partial charge in [-0.25, -0.2) is 15.0 Å². The van der Waals surface area contributed by atoms with E-state index in [1.807, 2.05) is 29.9 Å². The topological polar surface area (TPSA) is 75.3 Å². The third-order valence-electron chi connectivity index (χ3n) is 4.04. The third-order valence-corrected chi connectivity index (χ3v) is 4.04. The molecule has 0 aromatic carbocycles. The van der Waals surface area contributed by atoms with E-state index in [1.165, 1.54) is 0 Å². The van der Waals surface area contributed by atoms with Gasteiger partial charge < -0.3 is 9.80 Å². The second-order valence-electron chi connectivity index (χ2n) is 5.70. The smallest absolute Gasteiger partial charge is 0.225 e. The summed E-state index contributed by atoms with van der Waals surface area (Å²) in [7, 11) is 0. The highest BCUT2D eigenvalue weighted by Gasteiger charge is 2.20. The third kappa shape index (κ3) is 2.67. The van der Waals surface area contributed by atoms with Crippen LogP contribution < -0.4 is 9.80 Å². The lowest BCUT2D eigenvalue weighted by molar-refractivity contribution is 0.780. The van der Waals surface area contributed by atoms with Gasteiger partial charge in [-0.3, -0.25) is 4.40 Å². The minimum Gasteiger partial charge on any atom is -0.352 e. The molecule has 0 aliphatic carbocycles. The minimum absolute atomic E-state index is 0.797. The maximum atomic E-state index is 4.51. The van der Waals surface area contributed by atoms with Gasteiger partial charge in [0.1, 0.15) is 6.33 Å². The van der Waals surface area contributed by atoms with Crippen LogP contribution in [0.2, 0.25) is 0 Å². The Balaban J connectivity index is 1.55. The zero-order valence-corrected chi connectivity index (χ0v) is 13.0. The summed E-state index contributed by atoms with van der Waals surface area (Å²) in [4.78, 5) is 17.9. The highest BCUT2D eigenvalue weighted by atomic mass is 15.3. The number of fused-ring (bicyclic) bond motifs is 1. The number of anilines is 2. The molecule has 3 aromatic rings. The molecule has 23 heavy (non-hydrogen) atoms. The van der Waals surface area contributed by atoms with Crippen molar-refractivity contribution in [1.29, 1.82) is 0 Å². The molecule has 0 saturated carbocycles. The van der Waals surface area contributed by atoms with Crippen LogP contribution in [0.5, 0.6) is 0 Å². The van der Waals surface area contributed by atoms with E-state index in [1.54, 1.807) is 12.5 Å². The average molecular weight is 310 g/mol. The molecule has 0 atom stereocenters. The highest BCUT2D eigenvalue weighted by molar-refractivity contribution is 5.63. The molecular formula is C15H18N8. The molecule has 0 bridgehead atoms. The standard InChI is InChI=1S/C15H18N8/c1-12-9-17-15(18-10-12)22-5-2-4-21(7-8-22)13-14-20-19-11-23(14)6-3-16-13/h3,6,9-11H,2,4-5,7-8H2,1H3. The van der Waals surface area contributed by atoms with E-state index >= 15 is 0 Å². The predicted octanol–water partition coefficient (Wildman–Crippen LogP) is 0.939. The number of hydrogen-bond acceptors (Lipinski definition) is 7. The lowest BCUT2D eigenvalue weighted by Crippen LogP contribution is -2.32. The van der Waals surface area contributed by atoms with Crippen LogP contribution in [0, 0.1) is 6.92 Å². The predicted molar refractivity (Wildman–Crippen MR) is 86.6 cm³/mol. The van der Waals surface area contributed by atoms with Gasteiger partial charge in [0.25, 0.3) is 0 Å². The zero-order valence-electron chi connectivity index (χ0n) is 13.0. The molecule has 1 aliphatic heterocycles. The summed E-state index contributed by atoms with van der Waals surface area (Å²) in [5, 5.41) is 8.15. The molecule has 4 rings (SSSR count). The van der Waals surface area contributed by atoms with Crippen LogP contribution in [0.4, 0.5) is 11.8 Å². The Morgan fingerprint density at radius 2 is 1.74 bits per heavy atom. The fraction of sp³-hybridized carbons (Fsp3) is 0.400. The van der Waals surface area contributed by atoms with Gasteiger partial charge in [0.2, 0.25) is 11.6 Å². The summed E-state index contributed by atoms with van der Waals surface area (Å²) in [5.41, 5.74) is 1.88. The molecule has 8 nitrogen and oxygen atoms in total. The lowest BCUT2D eigenvalue weighted by atomic mass is 10.4. The van der Waals surface area contributed by atoms with Crippen molar-refractivity contribution in [2.75, 3.05) is 36.0 Å². The van der Waals surface area contributed by atoms with Gasteiger partial charge in [-0.15, -0.1) is 10.2 Å². The molecule has 0 spiro atoms. The Morgan fingerprint density at radius 3 is 2.61 bits per heavy atom. The number of aryl methyl sites for hydroxylation is 1.